The maximum atomic E-state index is 2.42. The highest BCUT2D eigenvalue weighted by Gasteiger charge is 2.46. The summed E-state index contributed by atoms with van der Waals surface area (Å²) in [6.45, 7) is 0. The van der Waals surface area contributed by atoms with E-state index in [1.807, 2.05) is 0 Å². The lowest BCUT2D eigenvalue weighted by molar-refractivity contribution is 0.769. The largest absolute Gasteiger partial charge is 0.139 e. The van der Waals surface area contributed by atoms with E-state index >= 15 is 0 Å². The van der Waals surface area contributed by atoms with Crippen molar-refractivity contribution in [3.05, 3.63) is 150 Å². The first-order valence-electron chi connectivity index (χ1n) is 11.2. The standard InChI is InChI=1S/C31H23B/c32-26-17-19-28-27-18-16-23(22-10-4-1-5-11-22)20-29(27)31(30(28)21-26,24-12-6-2-7-13-24)25-14-8-3-9-15-25/h1-21H,32H2. The van der Waals surface area contributed by atoms with Crippen molar-refractivity contribution in [3.63, 3.8) is 0 Å². The van der Waals surface area contributed by atoms with Crippen LogP contribution in [0.2, 0.25) is 0 Å². The van der Waals surface area contributed by atoms with E-state index in [0.717, 1.165) is 0 Å². The maximum Gasteiger partial charge on any atom is 0.139 e. The Kier molecular flexibility index (Phi) is 4.36. The van der Waals surface area contributed by atoms with Crippen molar-refractivity contribution < 1.29 is 0 Å². The van der Waals surface area contributed by atoms with Gasteiger partial charge < -0.3 is 0 Å². The first-order valence-corrected chi connectivity index (χ1v) is 11.2. The molecule has 0 radical (unpaired) electrons. The summed E-state index contributed by atoms with van der Waals surface area (Å²) >= 11 is 0. The molecule has 0 atom stereocenters. The highest BCUT2D eigenvalue weighted by Crippen LogP contribution is 2.56. The molecule has 6 rings (SSSR count). The monoisotopic (exact) mass is 406 g/mol. The van der Waals surface area contributed by atoms with Crippen molar-refractivity contribution in [3.8, 4) is 22.3 Å². The molecule has 0 nitrogen and oxygen atoms in total. The molecular formula is C31H23B. The number of benzene rings is 5. The van der Waals surface area contributed by atoms with Gasteiger partial charge in [-0.3, -0.25) is 0 Å². The van der Waals surface area contributed by atoms with Crippen LogP contribution in [0.15, 0.2) is 127 Å². The summed E-state index contributed by atoms with van der Waals surface area (Å²) < 4.78 is 0. The Labute approximate surface area is 190 Å². The van der Waals surface area contributed by atoms with Crippen molar-refractivity contribution in [2.75, 3.05) is 0 Å². The lowest BCUT2D eigenvalue weighted by atomic mass is 9.67. The normalized spacial score (nSPS) is 13.4. The lowest BCUT2D eigenvalue weighted by Crippen LogP contribution is -2.29. The van der Waals surface area contributed by atoms with Crippen molar-refractivity contribution in [2.24, 2.45) is 0 Å². The molecule has 32 heavy (non-hydrogen) atoms. The van der Waals surface area contributed by atoms with Crippen LogP contribution in [-0.4, -0.2) is 7.85 Å². The highest BCUT2D eigenvalue weighted by molar-refractivity contribution is 6.32. The molecule has 0 spiro atoms. The van der Waals surface area contributed by atoms with E-state index in [1.54, 1.807) is 0 Å². The fourth-order valence-corrected chi connectivity index (χ4v) is 5.41. The van der Waals surface area contributed by atoms with E-state index in [1.165, 1.54) is 50.0 Å². The molecule has 0 bridgehead atoms. The molecule has 0 unspecified atom stereocenters. The molecule has 0 amide bonds. The quantitative estimate of drug-likeness (QED) is 0.318. The van der Waals surface area contributed by atoms with E-state index in [2.05, 4.69) is 135 Å². The SMILES string of the molecule is Bc1ccc2c(c1)C(c1ccccc1)(c1ccccc1)c1cc(-c3ccccc3)ccc1-2. The van der Waals surface area contributed by atoms with Gasteiger partial charge in [-0.15, -0.1) is 0 Å². The van der Waals surface area contributed by atoms with Crippen LogP contribution >= 0.6 is 0 Å². The second-order valence-electron chi connectivity index (χ2n) is 8.66. The van der Waals surface area contributed by atoms with Gasteiger partial charge in [-0.25, -0.2) is 0 Å². The van der Waals surface area contributed by atoms with Crippen LogP contribution < -0.4 is 5.46 Å². The van der Waals surface area contributed by atoms with Gasteiger partial charge in [0, 0.05) is 0 Å². The van der Waals surface area contributed by atoms with Gasteiger partial charge in [-0.1, -0.05) is 127 Å². The van der Waals surface area contributed by atoms with Gasteiger partial charge in [0.1, 0.15) is 7.85 Å². The summed E-state index contributed by atoms with van der Waals surface area (Å²) in [7, 11) is 2.19. The van der Waals surface area contributed by atoms with E-state index < -0.39 is 0 Å². The summed E-state index contributed by atoms with van der Waals surface area (Å²) in [5, 5.41) is 0. The average molecular weight is 406 g/mol. The predicted octanol–water partition coefficient (Wildman–Crippen LogP) is 5.98. The third kappa shape index (κ3) is 2.71. The van der Waals surface area contributed by atoms with Crippen LogP contribution in [0.3, 0.4) is 0 Å². The Morgan fingerprint density at radius 2 is 0.938 bits per heavy atom. The number of fused-ring (bicyclic) bond motifs is 3. The molecule has 0 saturated heterocycles. The summed E-state index contributed by atoms with van der Waals surface area (Å²) in [5.41, 5.74) is 11.4. The molecule has 1 aliphatic rings. The first kappa shape index (κ1) is 18.9. The van der Waals surface area contributed by atoms with Crippen molar-refractivity contribution in [1.82, 2.24) is 0 Å². The predicted molar refractivity (Wildman–Crippen MR) is 137 cm³/mol. The molecule has 0 aliphatic heterocycles. The molecule has 150 valence electrons. The number of hydrogen-bond acceptors (Lipinski definition) is 0. The Morgan fingerprint density at radius 1 is 0.438 bits per heavy atom. The first-order chi connectivity index (χ1) is 15.8. The second-order valence-corrected chi connectivity index (χ2v) is 8.66. The zero-order valence-corrected chi connectivity index (χ0v) is 18.1. The van der Waals surface area contributed by atoms with Crippen LogP contribution in [0.1, 0.15) is 22.3 Å². The van der Waals surface area contributed by atoms with E-state index in [-0.39, 0.29) is 5.41 Å². The Bertz CT molecular complexity index is 1360. The molecule has 5 aromatic rings. The fourth-order valence-electron chi connectivity index (χ4n) is 5.41. The molecule has 0 aromatic heterocycles. The topological polar surface area (TPSA) is 0 Å². The van der Waals surface area contributed by atoms with Crippen LogP contribution in [0.25, 0.3) is 22.3 Å². The molecule has 1 heteroatoms. The van der Waals surface area contributed by atoms with Crippen LogP contribution in [0, 0.1) is 0 Å². The van der Waals surface area contributed by atoms with Gasteiger partial charge in [0.05, 0.1) is 5.41 Å². The van der Waals surface area contributed by atoms with Crippen molar-refractivity contribution in [2.45, 2.75) is 5.41 Å². The Morgan fingerprint density at radius 3 is 1.53 bits per heavy atom. The molecule has 1 aliphatic carbocycles. The summed E-state index contributed by atoms with van der Waals surface area (Å²) in [5.74, 6) is 0. The number of hydrogen-bond donors (Lipinski definition) is 0. The Hall–Kier alpha value is -3.84. The van der Waals surface area contributed by atoms with Gasteiger partial charge in [0.15, 0.2) is 0 Å². The minimum absolute atomic E-state index is 0.343. The molecule has 0 saturated carbocycles. The summed E-state index contributed by atoms with van der Waals surface area (Å²) in [6, 6.07) is 46.6. The molecule has 0 N–H and O–H groups in total. The fraction of sp³-hybridized carbons (Fsp3) is 0.0323. The van der Waals surface area contributed by atoms with Crippen molar-refractivity contribution >= 4 is 13.3 Å². The molecule has 5 aromatic carbocycles. The summed E-state index contributed by atoms with van der Waals surface area (Å²) in [4.78, 5) is 0. The second kappa shape index (κ2) is 7.39. The lowest BCUT2D eigenvalue weighted by Gasteiger charge is -2.34. The van der Waals surface area contributed by atoms with Crippen LogP contribution in [-0.2, 0) is 5.41 Å². The van der Waals surface area contributed by atoms with E-state index in [4.69, 9.17) is 0 Å². The molecular weight excluding hydrogens is 383 g/mol. The van der Waals surface area contributed by atoms with Gasteiger partial charge in [-0.2, -0.15) is 0 Å². The van der Waals surface area contributed by atoms with Crippen LogP contribution in [0.5, 0.6) is 0 Å². The zero-order valence-electron chi connectivity index (χ0n) is 18.1. The van der Waals surface area contributed by atoms with E-state index in [9.17, 15) is 0 Å². The summed E-state index contributed by atoms with van der Waals surface area (Å²) in [6.07, 6.45) is 0. The van der Waals surface area contributed by atoms with Gasteiger partial charge in [-0.05, 0) is 50.6 Å². The smallest absolute Gasteiger partial charge is 0.0886 e. The zero-order chi connectivity index (χ0) is 21.5. The van der Waals surface area contributed by atoms with Gasteiger partial charge in [0.2, 0.25) is 0 Å². The van der Waals surface area contributed by atoms with Gasteiger partial charge >= 0.3 is 0 Å². The van der Waals surface area contributed by atoms with E-state index in [0.29, 0.717) is 0 Å². The third-order valence-electron chi connectivity index (χ3n) is 6.81. The van der Waals surface area contributed by atoms with Gasteiger partial charge in [0.25, 0.3) is 0 Å². The molecule has 0 fully saturated rings. The average Bonchev–Trinajstić information content (AvgIpc) is 3.15. The highest BCUT2D eigenvalue weighted by atomic mass is 14.5. The third-order valence-corrected chi connectivity index (χ3v) is 6.81. The minimum Gasteiger partial charge on any atom is -0.0886 e. The van der Waals surface area contributed by atoms with Crippen LogP contribution in [0.4, 0.5) is 0 Å². The number of rotatable bonds is 3. The molecule has 0 heterocycles. The Balaban J connectivity index is 1.76. The maximum absolute atomic E-state index is 2.42. The minimum atomic E-state index is -0.343. The van der Waals surface area contributed by atoms with Crippen molar-refractivity contribution in [1.29, 1.82) is 0 Å².